The van der Waals surface area contributed by atoms with E-state index < -0.39 is 0 Å². The van der Waals surface area contributed by atoms with Crippen LogP contribution in [0.3, 0.4) is 0 Å². The molecule has 0 aliphatic carbocycles. The van der Waals surface area contributed by atoms with Gasteiger partial charge in [0.1, 0.15) is 0 Å². The number of halogens is 2. The molecule has 0 saturated heterocycles. The number of benzene rings is 6. The van der Waals surface area contributed by atoms with E-state index in [0.29, 0.717) is 0 Å². The summed E-state index contributed by atoms with van der Waals surface area (Å²) < 4.78 is 2.18. The molecule has 0 unspecified atom stereocenters. The molecule has 0 fully saturated rings. The van der Waals surface area contributed by atoms with Gasteiger partial charge in [-0.2, -0.15) is 0 Å². The molecule has 2 N–H and O–H groups in total. The average molecular weight is 564 g/mol. The zero-order valence-corrected chi connectivity index (χ0v) is 21.0. The number of nitrogens with one attached hydrogen (secondary N) is 2. The number of hydrogen-bond donors (Lipinski definition) is 2. The quantitative estimate of drug-likeness (QED) is 0.172. The van der Waals surface area contributed by atoms with Crippen LogP contribution in [-0.4, -0.2) is 9.97 Å². The van der Waals surface area contributed by atoms with Crippen molar-refractivity contribution in [3.8, 4) is 0 Å². The minimum atomic E-state index is 1.09. The van der Waals surface area contributed by atoms with Crippen LogP contribution >= 0.6 is 31.9 Å². The van der Waals surface area contributed by atoms with Gasteiger partial charge in [-0.25, -0.2) is 0 Å². The van der Waals surface area contributed by atoms with E-state index in [1.165, 1.54) is 64.9 Å². The van der Waals surface area contributed by atoms with Crippen LogP contribution in [0.25, 0.3) is 75.9 Å². The van der Waals surface area contributed by atoms with Crippen LogP contribution in [0.5, 0.6) is 0 Å². The first-order valence-electron chi connectivity index (χ1n) is 11.3. The molecule has 2 nitrogen and oxygen atoms in total. The van der Waals surface area contributed by atoms with E-state index in [-0.39, 0.29) is 0 Å². The van der Waals surface area contributed by atoms with E-state index in [9.17, 15) is 0 Å². The first-order chi connectivity index (χ1) is 16.7. The molecule has 4 heteroatoms. The Kier molecular flexibility index (Phi) is 3.70. The number of fused-ring (bicyclic) bond motifs is 15. The summed E-state index contributed by atoms with van der Waals surface area (Å²) in [5.74, 6) is 0. The molecular formula is C30H16Br2N2. The van der Waals surface area contributed by atoms with Gasteiger partial charge in [-0.05, 0) is 57.9 Å². The molecule has 0 atom stereocenters. The first kappa shape index (κ1) is 19.0. The van der Waals surface area contributed by atoms with E-state index in [0.717, 1.165) is 20.0 Å². The Labute approximate surface area is 210 Å². The number of rotatable bonds is 0. The summed E-state index contributed by atoms with van der Waals surface area (Å²) in [7, 11) is 0. The zero-order valence-electron chi connectivity index (χ0n) is 17.8. The van der Waals surface area contributed by atoms with Crippen molar-refractivity contribution in [2.24, 2.45) is 0 Å². The fraction of sp³-hybridized carbons (Fsp3) is 0. The molecule has 34 heavy (non-hydrogen) atoms. The summed E-state index contributed by atoms with van der Waals surface area (Å²) in [6.07, 6.45) is 0. The Balaban J connectivity index is 1.81. The van der Waals surface area contributed by atoms with Gasteiger partial charge < -0.3 is 9.97 Å². The number of hydrogen-bond acceptors (Lipinski definition) is 0. The highest BCUT2D eigenvalue weighted by atomic mass is 79.9. The lowest BCUT2D eigenvalue weighted by Crippen LogP contribution is -1.86. The van der Waals surface area contributed by atoms with Crippen LogP contribution in [0, 0.1) is 0 Å². The Morgan fingerprint density at radius 3 is 1.21 bits per heavy atom. The smallest absolute Gasteiger partial charge is 0.0558 e. The molecule has 0 radical (unpaired) electrons. The van der Waals surface area contributed by atoms with Gasteiger partial charge in [0.2, 0.25) is 0 Å². The van der Waals surface area contributed by atoms with Gasteiger partial charge in [-0.1, -0.05) is 80.4 Å². The van der Waals surface area contributed by atoms with Gasteiger partial charge in [-0.3, -0.25) is 0 Å². The molecule has 0 spiro atoms. The minimum Gasteiger partial charge on any atom is -0.354 e. The summed E-state index contributed by atoms with van der Waals surface area (Å²) in [6.45, 7) is 0. The van der Waals surface area contributed by atoms with Crippen molar-refractivity contribution in [3.05, 3.63) is 93.9 Å². The molecule has 0 aliphatic rings. The van der Waals surface area contributed by atoms with E-state index in [2.05, 4.69) is 127 Å². The van der Waals surface area contributed by atoms with Crippen LogP contribution in [0.1, 0.15) is 0 Å². The summed E-state index contributed by atoms with van der Waals surface area (Å²) in [6, 6.07) is 30.6. The molecule has 8 aromatic rings. The van der Waals surface area contributed by atoms with Gasteiger partial charge in [0.05, 0.1) is 11.0 Å². The van der Waals surface area contributed by atoms with Crippen molar-refractivity contribution in [3.63, 3.8) is 0 Å². The highest BCUT2D eigenvalue weighted by molar-refractivity contribution is 9.10. The normalized spacial score (nSPS) is 12.4. The maximum absolute atomic E-state index is 3.80. The molecule has 2 aromatic heterocycles. The fourth-order valence-corrected chi connectivity index (χ4v) is 6.61. The van der Waals surface area contributed by atoms with E-state index in [4.69, 9.17) is 0 Å². The number of aromatic amines is 2. The first-order valence-corrected chi connectivity index (χ1v) is 12.8. The van der Waals surface area contributed by atoms with Crippen LogP contribution < -0.4 is 0 Å². The summed E-state index contributed by atoms with van der Waals surface area (Å²) >= 11 is 7.38. The minimum absolute atomic E-state index is 1.09. The van der Waals surface area contributed by atoms with Crippen molar-refractivity contribution in [1.82, 2.24) is 9.97 Å². The van der Waals surface area contributed by atoms with Crippen molar-refractivity contribution < 1.29 is 0 Å². The van der Waals surface area contributed by atoms with Crippen molar-refractivity contribution in [1.29, 1.82) is 0 Å². The van der Waals surface area contributed by atoms with Gasteiger partial charge in [0.15, 0.2) is 0 Å². The molecule has 160 valence electrons. The largest absolute Gasteiger partial charge is 0.354 e. The number of H-pyrrole nitrogens is 2. The van der Waals surface area contributed by atoms with Gasteiger partial charge in [-0.15, -0.1) is 0 Å². The van der Waals surface area contributed by atoms with E-state index in [1.54, 1.807) is 0 Å². The van der Waals surface area contributed by atoms with Crippen LogP contribution in [0.4, 0.5) is 0 Å². The van der Waals surface area contributed by atoms with Crippen LogP contribution in [0.15, 0.2) is 93.9 Å². The Bertz CT molecular complexity index is 1990. The highest BCUT2D eigenvalue weighted by Crippen LogP contribution is 2.47. The lowest BCUT2D eigenvalue weighted by Gasteiger charge is -2.13. The topological polar surface area (TPSA) is 31.6 Å². The van der Waals surface area contributed by atoms with Crippen molar-refractivity contribution in [2.75, 3.05) is 0 Å². The summed E-state index contributed by atoms with van der Waals surface area (Å²) in [4.78, 5) is 7.60. The monoisotopic (exact) mass is 562 g/mol. The summed E-state index contributed by atoms with van der Waals surface area (Å²) in [5.41, 5.74) is 4.70. The molecule has 0 bridgehead atoms. The van der Waals surface area contributed by atoms with Crippen molar-refractivity contribution in [2.45, 2.75) is 0 Å². The Morgan fingerprint density at radius 1 is 0.412 bits per heavy atom. The van der Waals surface area contributed by atoms with Gasteiger partial charge in [0, 0.05) is 52.3 Å². The van der Waals surface area contributed by atoms with Crippen LogP contribution in [0.2, 0.25) is 0 Å². The number of aromatic nitrogens is 2. The predicted octanol–water partition coefficient (Wildman–Crippen LogP) is 9.94. The third-order valence-electron chi connectivity index (χ3n) is 7.20. The van der Waals surface area contributed by atoms with Gasteiger partial charge >= 0.3 is 0 Å². The molecule has 8 rings (SSSR count). The van der Waals surface area contributed by atoms with E-state index >= 15 is 0 Å². The Morgan fingerprint density at radius 2 is 0.794 bits per heavy atom. The second-order valence-electron chi connectivity index (χ2n) is 8.97. The molecular weight excluding hydrogens is 548 g/mol. The SMILES string of the molecule is Brc1ccc2[nH]c3c(c2c1)c1ccccc1c1c2[nH]c4ccc(Br)cc4c2c2ccccc2c31. The highest BCUT2D eigenvalue weighted by Gasteiger charge is 2.20. The molecule has 0 aliphatic heterocycles. The second kappa shape index (κ2) is 6.62. The van der Waals surface area contributed by atoms with Crippen LogP contribution in [-0.2, 0) is 0 Å². The summed E-state index contributed by atoms with van der Waals surface area (Å²) in [5, 5.41) is 12.7. The average Bonchev–Trinajstić information content (AvgIpc) is 3.42. The van der Waals surface area contributed by atoms with Crippen molar-refractivity contribution >= 4 is 108 Å². The fourth-order valence-electron chi connectivity index (χ4n) is 5.89. The third kappa shape index (κ3) is 2.35. The maximum Gasteiger partial charge on any atom is 0.0558 e. The lowest BCUT2D eigenvalue weighted by atomic mass is 9.91. The predicted molar refractivity (Wildman–Crippen MR) is 153 cm³/mol. The third-order valence-corrected chi connectivity index (χ3v) is 8.19. The van der Waals surface area contributed by atoms with Gasteiger partial charge in [0.25, 0.3) is 0 Å². The molecule has 6 aromatic carbocycles. The Hall–Kier alpha value is -3.34. The lowest BCUT2D eigenvalue weighted by molar-refractivity contribution is 1.55. The molecule has 2 heterocycles. The maximum atomic E-state index is 3.80. The molecule has 0 amide bonds. The standard InChI is InChI=1S/C30H16Br2N2/c31-15-9-11-23-21(13-15)25-17-5-1-3-7-19(17)27-28(29(25)33-23)20-8-4-2-6-18(20)26-22-14-16(32)10-12-24(22)34-30(26)27/h1-14,33-34H. The molecule has 0 saturated carbocycles. The van der Waals surface area contributed by atoms with E-state index in [1.807, 2.05) is 0 Å². The zero-order chi connectivity index (χ0) is 22.6. The second-order valence-corrected chi connectivity index (χ2v) is 10.8.